The van der Waals surface area contributed by atoms with E-state index < -0.39 is 19.1 Å². The predicted molar refractivity (Wildman–Crippen MR) is 260 cm³/mol. The van der Waals surface area contributed by atoms with Gasteiger partial charge in [-0.3, -0.25) is 9.55 Å². The number of aryl methyl sites for hydroxylation is 1. The van der Waals surface area contributed by atoms with Crippen molar-refractivity contribution in [3.63, 3.8) is 0 Å². The number of phenols is 1. The number of phenolic OH excluding ortho intramolecular Hbond substituents is 1. The van der Waals surface area contributed by atoms with E-state index in [4.69, 9.17) is 18.2 Å². The first-order valence-corrected chi connectivity index (χ1v) is 21.0. The maximum absolute atomic E-state index is 12.5. The number of hydrogen-bond acceptors (Lipinski definition) is 3. The van der Waals surface area contributed by atoms with Gasteiger partial charge in [-0.15, -0.1) is 0 Å². The monoisotopic (exact) mass is 813 g/mol. The van der Waals surface area contributed by atoms with Gasteiger partial charge in [-0.05, 0) is 135 Å². The van der Waals surface area contributed by atoms with Gasteiger partial charge in [-0.25, -0.2) is 4.98 Å². The molecule has 0 spiro atoms. The zero-order chi connectivity index (χ0) is 48.3. The average molecular weight is 814 g/mol. The normalized spacial score (nSPS) is 13.8. The molecule has 0 radical (unpaired) electrons. The topological polar surface area (TPSA) is 50.9 Å². The number of hydrogen-bond donors (Lipinski definition) is 1. The van der Waals surface area contributed by atoms with Gasteiger partial charge in [-0.1, -0.05) is 151 Å². The summed E-state index contributed by atoms with van der Waals surface area (Å²) < 4.78 is 54.3. The first kappa shape index (κ1) is 33.7. The summed E-state index contributed by atoms with van der Waals surface area (Å²) in [6, 6.07) is 53.1. The van der Waals surface area contributed by atoms with Crippen LogP contribution in [0.25, 0.3) is 83.9 Å². The third-order valence-electron chi connectivity index (χ3n) is 11.7. The van der Waals surface area contributed by atoms with Crippen molar-refractivity contribution in [2.24, 2.45) is 0 Å². The molecule has 7 aromatic carbocycles. The van der Waals surface area contributed by atoms with E-state index in [0.717, 1.165) is 55.8 Å². The molecule has 0 aliphatic rings. The van der Waals surface area contributed by atoms with E-state index >= 15 is 0 Å². The molecule has 2 aromatic heterocycles. The number of para-hydroxylation sites is 1. The molecule has 0 fully saturated rings. The van der Waals surface area contributed by atoms with Crippen molar-refractivity contribution in [2.45, 2.75) is 66.1 Å². The van der Waals surface area contributed by atoms with Gasteiger partial charge < -0.3 is 5.11 Å². The summed E-state index contributed by atoms with van der Waals surface area (Å²) in [5.41, 5.74) is 10.7. The van der Waals surface area contributed by atoms with Crippen LogP contribution in [0.4, 0.5) is 0 Å². The van der Waals surface area contributed by atoms with E-state index in [-0.39, 0.29) is 27.9 Å². The number of rotatable bonds is 7. The fourth-order valence-corrected chi connectivity index (χ4v) is 8.31. The number of benzene rings is 7. The highest BCUT2D eigenvalue weighted by molar-refractivity contribution is 5.98. The molecule has 1 N–H and O–H groups in total. The molecule has 62 heavy (non-hydrogen) atoms. The molecule has 0 unspecified atom stereocenters. The fourth-order valence-electron chi connectivity index (χ4n) is 8.31. The number of fused-ring (bicyclic) bond motifs is 1. The molecule has 9 rings (SSSR count). The summed E-state index contributed by atoms with van der Waals surface area (Å²) in [4.78, 5) is 10.4. The molecule has 306 valence electrons. The molecule has 0 saturated carbocycles. The van der Waals surface area contributed by atoms with Gasteiger partial charge in [0.25, 0.3) is 0 Å². The van der Waals surface area contributed by atoms with Crippen molar-refractivity contribution in [1.29, 1.82) is 0 Å². The Morgan fingerprint density at radius 3 is 1.81 bits per heavy atom. The summed E-state index contributed by atoms with van der Waals surface area (Å²) in [7, 11) is 0. The molecular formula is C58H53N3O. The quantitative estimate of drug-likeness (QED) is 0.174. The molecule has 4 heteroatoms. The molecule has 2 heterocycles. The zero-order valence-electron chi connectivity index (χ0n) is 42.0. The third-order valence-corrected chi connectivity index (χ3v) is 11.7. The van der Waals surface area contributed by atoms with Crippen molar-refractivity contribution in [2.75, 3.05) is 0 Å². The second-order valence-corrected chi connectivity index (χ2v) is 18.1. The van der Waals surface area contributed by atoms with Crippen molar-refractivity contribution in [3.8, 4) is 78.6 Å². The van der Waals surface area contributed by atoms with E-state index in [1.807, 2.05) is 83.6 Å². The number of aromatic nitrogens is 3. The zero-order valence-corrected chi connectivity index (χ0v) is 36.0. The van der Waals surface area contributed by atoms with Crippen LogP contribution in [-0.4, -0.2) is 19.6 Å². The minimum absolute atomic E-state index is 0.0554. The Balaban J connectivity index is 1.40. The molecule has 0 atom stereocenters. The number of pyridine rings is 1. The Kier molecular flexibility index (Phi) is 8.56. The largest absolute Gasteiger partial charge is 0.507 e. The maximum atomic E-state index is 12.5. The second-order valence-electron chi connectivity index (χ2n) is 18.1. The van der Waals surface area contributed by atoms with Gasteiger partial charge in [0.2, 0.25) is 0 Å². The van der Waals surface area contributed by atoms with E-state index in [1.165, 1.54) is 6.07 Å². The SMILES string of the molecule is [2H]C([2H])([2H])c1cc(-n2c(-c3cc(C(C)(C)C)cc(C(C)(C)C)c3O)nc3c(-c4cc(-c5ccccc5)cc(-c5cc(-c6ccccc6)ccn5)c4)cccc32)cc(-c2ccccc2)c1C([2H])([2H])[2H]. The molecular weight excluding hydrogens is 755 g/mol. The summed E-state index contributed by atoms with van der Waals surface area (Å²) in [5.74, 6) is 0.426. The Labute approximate surface area is 374 Å². The van der Waals surface area contributed by atoms with Crippen LogP contribution in [0.3, 0.4) is 0 Å². The molecule has 9 aromatic rings. The Hall–Kier alpha value is -7.04. The van der Waals surface area contributed by atoms with Gasteiger partial charge in [0.1, 0.15) is 11.6 Å². The van der Waals surface area contributed by atoms with Gasteiger partial charge in [0.15, 0.2) is 0 Å². The van der Waals surface area contributed by atoms with Crippen LogP contribution >= 0.6 is 0 Å². The number of aromatic hydroxyl groups is 1. The summed E-state index contributed by atoms with van der Waals surface area (Å²) in [6.45, 7) is 6.98. The highest BCUT2D eigenvalue weighted by Gasteiger charge is 2.29. The second kappa shape index (κ2) is 15.8. The van der Waals surface area contributed by atoms with Crippen LogP contribution < -0.4 is 0 Å². The van der Waals surface area contributed by atoms with E-state index in [2.05, 4.69) is 96.1 Å². The Morgan fingerprint density at radius 1 is 0.516 bits per heavy atom. The summed E-state index contributed by atoms with van der Waals surface area (Å²) in [6.07, 6.45) is 1.83. The highest BCUT2D eigenvalue weighted by Crippen LogP contribution is 2.45. The maximum Gasteiger partial charge on any atom is 0.149 e. The molecule has 0 saturated heterocycles. The van der Waals surface area contributed by atoms with Gasteiger partial charge in [-0.2, -0.15) is 0 Å². The minimum Gasteiger partial charge on any atom is -0.507 e. The van der Waals surface area contributed by atoms with E-state index in [0.29, 0.717) is 33.7 Å². The van der Waals surface area contributed by atoms with Crippen LogP contribution in [-0.2, 0) is 10.8 Å². The smallest absolute Gasteiger partial charge is 0.149 e. The first-order chi connectivity index (χ1) is 32.2. The lowest BCUT2D eigenvalue weighted by Crippen LogP contribution is -2.17. The van der Waals surface area contributed by atoms with Crippen LogP contribution in [0.15, 0.2) is 170 Å². The first-order valence-electron chi connectivity index (χ1n) is 24.0. The van der Waals surface area contributed by atoms with Gasteiger partial charge in [0, 0.05) is 36.8 Å². The lowest BCUT2D eigenvalue weighted by Gasteiger charge is -2.27. The van der Waals surface area contributed by atoms with Crippen molar-refractivity contribution >= 4 is 11.0 Å². The lowest BCUT2D eigenvalue weighted by atomic mass is 9.79. The van der Waals surface area contributed by atoms with Crippen LogP contribution in [0.5, 0.6) is 5.75 Å². The lowest BCUT2D eigenvalue weighted by molar-refractivity contribution is 0.446. The predicted octanol–water partition coefficient (Wildman–Crippen LogP) is 15.3. The molecule has 0 aliphatic carbocycles. The fraction of sp³-hybridized carbons (Fsp3) is 0.172. The van der Waals surface area contributed by atoms with Crippen LogP contribution in [0.2, 0.25) is 0 Å². The Bertz CT molecular complexity index is 3320. The van der Waals surface area contributed by atoms with E-state index in [9.17, 15) is 5.11 Å². The summed E-state index contributed by atoms with van der Waals surface area (Å²) in [5, 5.41) is 12.5. The average Bonchev–Trinajstić information content (AvgIpc) is 3.70. The molecule has 0 aliphatic heterocycles. The van der Waals surface area contributed by atoms with Gasteiger partial charge >= 0.3 is 0 Å². The van der Waals surface area contributed by atoms with Crippen LogP contribution in [0.1, 0.15) is 72.0 Å². The van der Waals surface area contributed by atoms with Crippen molar-refractivity contribution < 1.29 is 13.3 Å². The third kappa shape index (κ3) is 7.62. The minimum atomic E-state index is -2.81. The summed E-state index contributed by atoms with van der Waals surface area (Å²) >= 11 is 0. The Morgan fingerprint density at radius 2 is 1.16 bits per heavy atom. The molecule has 4 nitrogen and oxygen atoms in total. The molecule has 0 amide bonds. The highest BCUT2D eigenvalue weighted by atomic mass is 16.3. The number of imidazole rings is 1. The standard InChI is InChI=1S/C58H53N3O/c1-37-29-47(36-49(38(37)2)41-23-16-11-17-24-41)61-53-26-18-25-48(54(53)60-56(61)50-34-46(57(3,4)5)35-51(55(50)62)58(6,7)8)44-30-43(40-21-14-10-15-22-40)31-45(32-44)52-33-42(27-28-59-52)39-19-12-9-13-20-39/h9-36,62H,1-8H3/i1D3,2D3. The van der Waals surface area contributed by atoms with E-state index in [1.54, 1.807) is 30.3 Å². The van der Waals surface area contributed by atoms with Crippen molar-refractivity contribution in [1.82, 2.24) is 14.5 Å². The van der Waals surface area contributed by atoms with Crippen LogP contribution in [0, 0.1) is 13.7 Å². The van der Waals surface area contributed by atoms with Gasteiger partial charge in [0.05, 0.1) is 22.3 Å². The van der Waals surface area contributed by atoms with Crippen molar-refractivity contribution in [3.05, 3.63) is 192 Å². The number of nitrogens with zero attached hydrogens (tertiary/aromatic N) is 3. The molecule has 0 bridgehead atoms.